The molecule has 0 aliphatic carbocycles. The third kappa shape index (κ3) is 4.34. The molecule has 2 heteroatoms. The van der Waals surface area contributed by atoms with Crippen molar-refractivity contribution in [2.45, 2.75) is 13.8 Å². The quantitative estimate of drug-likeness (QED) is 0.645. The van der Waals surface area contributed by atoms with Crippen molar-refractivity contribution in [1.29, 1.82) is 0 Å². The van der Waals surface area contributed by atoms with E-state index < -0.39 is 0 Å². The zero-order chi connectivity index (χ0) is 6.41. The number of hydrogen-bond donors (Lipinski definition) is 0. The fourth-order valence-corrected chi connectivity index (χ4v) is 0.427. The van der Waals surface area contributed by atoms with Gasteiger partial charge in [-0.15, -0.1) is 0 Å². The van der Waals surface area contributed by atoms with Gasteiger partial charge in [0.1, 0.15) is 0 Å². The van der Waals surface area contributed by atoms with E-state index in [1.165, 1.54) is 5.57 Å². The summed E-state index contributed by atoms with van der Waals surface area (Å²) >= 11 is 3.20. The Bertz CT molecular complexity index is 78.6. The minimum Gasteiger partial charge on any atom is -0.377 e. The molecule has 0 aromatic rings. The minimum absolute atomic E-state index is 0.738. The summed E-state index contributed by atoms with van der Waals surface area (Å²) in [5.74, 6) is 0. The van der Waals surface area contributed by atoms with Crippen molar-refractivity contribution in [3.05, 3.63) is 10.6 Å². The molecular weight excluding hydrogens is 168 g/mol. The summed E-state index contributed by atoms with van der Waals surface area (Å²) in [7, 11) is 0. The smallest absolute Gasteiger partial charge is 0.0681 e. The topological polar surface area (TPSA) is 9.23 Å². The lowest BCUT2D eigenvalue weighted by molar-refractivity contribution is 0.171. The van der Waals surface area contributed by atoms with E-state index in [0.29, 0.717) is 0 Å². The molecule has 0 saturated heterocycles. The van der Waals surface area contributed by atoms with Gasteiger partial charge in [0.2, 0.25) is 0 Å². The molecule has 0 amide bonds. The first-order valence-corrected chi connectivity index (χ1v) is 3.56. The first-order chi connectivity index (χ1) is 3.81. The Morgan fingerprint density at radius 2 is 2.38 bits per heavy atom. The molecule has 0 unspecified atom stereocenters. The van der Waals surface area contributed by atoms with E-state index in [-0.39, 0.29) is 0 Å². The van der Waals surface area contributed by atoms with Crippen LogP contribution in [0.25, 0.3) is 0 Å². The van der Waals surface area contributed by atoms with Gasteiger partial charge in [-0.1, -0.05) is 15.9 Å². The Balaban J connectivity index is 3.12. The molecular formula is C6H11BrO. The van der Waals surface area contributed by atoms with E-state index >= 15 is 0 Å². The van der Waals surface area contributed by atoms with Gasteiger partial charge in [-0.2, -0.15) is 0 Å². The fourth-order valence-electron chi connectivity index (χ4n) is 0.295. The van der Waals surface area contributed by atoms with Crippen molar-refractivity contribution < 1.29 is 4.74 Å². The highest BCUT2D eigenvalue weighted by Gasteiger charge is 1.83. The van der Waals surface area contributed by atoms with E-state index in [4.69, 9.17) is 4.74 Å². The lowest BCUT2D eigenvalue weighted by Crippen LogP contribution is -1.92. The second-order valence-electron chi connectivity index (χ2n) is 1.59. The maximum Gasteiger partial charge on any atom is 0.0681 e. The maximum absolute atomic E-state index is 5.09. The lowest BCUT2D eigenvalue weighted by Gasteiger charge is -1.97. The Kier molecular flexibility index (Phi) is 5.44. The maximum atomic E-state index is 5.09. The highest BCUT2D eigenvalue weighted by Crippen LogP contribution is 1.96. The van der Waals surface area contributed by atoms with E-state index in [9.17, 15) is 0 Å². The van der Waals surface area contributed by atoms with Gasteiger partial charge in [0.15, 0.2) is 0 Å². The summed E-state index contributed by atoms with van der Waals surface area (Å²) in [5, 5.41) is 0. The third-order valence-electron chi connectivity index (χ3n) is 0.720. The molecule has 0 atom stereocenters. The van der Waals surface area contributed by atoms with Gasteiger partial charge in [-0.25, -0.2) is 0 Å². The Labute approximate surface area is 58.9 Å². The number of ether oxygens (including phenoxy) is 1. The van der Waals surface area contributed by atoms with Crippen LogP contribution in [0, 0.1) is 0 Å². The predicted molar refractivity (Wildman–Crippen MR) is 39.2 cm³/mol. The molecule has 48 valence electrons. The van der Waals surface area contributed by atoms with Crippen LogP contribution in [0.1, 0.15) is 13.8 Å². The molecule has 0 radical (unpaired) electrons. The number of rotatable bonds is 3. The molecule has 0 bridgehead atoms. The summed E-state index contributed by atoms with van der Waals surface area (Å²) in [6.45, 7) is 5.53. The summed E-state index contributed by atoms with van der Waals surface area (Å²) in [6.07, 6.45) is 0. The highest BCUT2D eigenvalue weighted by atomic mass is 79.9. The molecule has 0 rings (SSSR count). The largest absolute Gasteiger partial charge is 0.377 e. The van der Waals surface area contributed by atoms with Crippen molar-refractivity contribution in [3.8, 4) is 0 Å². The van der Waals surface area contributed by atoms with Gasteiger partial charge in [0.25, 0.3) is 0 Å². The van der Waals surface area contributed by atoms with Crippen LogP contribution in [-0.4, -0.2) is 13.2 Å². The van der Waals surface area contributed by atoms with Crippen LogP contribution in [0.4, 0.5) is 0 Å². The molecule has 0 spiro atoms. The van der Waals surface area contributed by atoms with Gasteiger partial charge in [-0.05, 0) is 24.4 Å². The van der Waals surface area contributed by atoms with Gasteiger partial charge in [-0.3, -0.25) is 0 Å². The molecule has 0 N–H and O–H groups in total. The molecule has 0 aromatic heterocycles. The Morgan fingerprint density at radius 3 is 2.75 bits per heavy atom. The van der Waals surface area contributed by atoms with E-state index in [1.807, 2.05) is 18.8 Å². The third-order valence-corrected chi connectivity index (χ3v) is 1.50. The predicted octanol–water partition coefficient (Wildman–Crippen LogP) is 2.32. The van der Waals surface area contributed by atoms with Crippen LogP contribution >= 0.6 is 15.9 Å². The van der Waals surface area contributed by atoms with Crippen LogP contribution in [-0.2, 0) is 4.74 Å². The Morgan fingerprint density at radius 1 is 1.75 bits per heavy atom. The van der Waals surface area contributed by atoms with Crippen molar-refractivity contribution in [1.82, 2.24) is 0 Å². The SMILES string of the molecule is CCOCC(C)=CBr. The van der Waals surface area contributed by atoms with Crippen LogP contribution in [0.15, 0.2) is 10.6 Å². The summed E-state index contributed by atoms with van der Waals surface area (Å²) in [4.78, 5) is 1.88. The standard InChI is InChI=1S/C6H11BrO/c1-3-8-5-6(2)4-7/h4H,3,5H2,1-2H3. The van der Waals surface area contributed by atoms with Crippen LogP contribution < -0.4 is 0 Å². The monoisotopic (exact) mass is 178 g/mol. The normalized spacial score (nSPS) is 12.1. The molecule has 8 heavy (non-hydrogen) atoms. The van der Waals surface area contributed by atoms with Gasteiger partial charge >= 0.3 is 0 Å². The van der Waals surface area contributed by atoms with Crippen molar-refractivity contribution in [2.75, 3.05) is 13.2 Å². The lowest BCUT2D eigenvalue weighted by atomic mass is 10.4. The molecule has 0 fully saturated rings. The molecule has 0 aliphatic heterocycles. The Hall–Kier alpha value is 0.180. The minimum atomic E-state index is 0.738. The second kappa shape index (κ2) is 5.32. The second-order valence-corrected chi connectivity index (χ2v) is 2.05. The highest BCUT2D eigenvalue weighted by molar-refractivity contribution is 9.11. The molecule has 1 nitrogen and oxygen atoms in total. The van der Waals surface area contributed by atoms with Crippen molar-refractivity contribution >= 4 is 15.9 Å². The van der Waals surface area contributed by atoms with Crippen LogP contribution in [0.2, 0.25) is 0 Å². The van der Waals surface area contributed by atoms with Gasteiger partial charge in [0, 0.05) is 6.61 Å². The molecule has 0 heterocycles. The van der Waals surface area contributed by atoms with E-state index in [0.717, 1.165) is 13.2 Å². The average Bonchev–Trinajstić information content (AvgIpc) is 1.83. The zero-order valence-electron chi connectivity index (χ0n) is 5.28. The summed E-state index contributed by atoms with van der Waals surface area (Å²) in [6, 6.07) is 0. The van der Waals surface area contributed by atoms with Crippen LogP contribution in [0.5, 0.6) is 0 Å². The van der Waals surface area contributed by atoms with Gasteiger partial charge < -0.3 is 4.74 Å². The number of halogens is 1. The van der Waals surface area contributed by atoms with Gasteiger partial charge in [0.05, 0.1) is 6.61 Å². The van der Waals surface area contributed by atoms with E-state index in [1.54, 1.807) is 0 Å². The molecule has 0 aromatic carbocycles. The van der Waals surface area contributed by atoms with Crippen LogP contribution in [0.3, 0.4) is 0 Å². The van der Waals surface area contributed by atoms with E-state index in [2.05, 4.69) is 15.9 Å². The first-order valence-electron chi connectivity index (χ1n) is 2.64. The van der Waals surface area contributed by atoms with Crippen molar-refractivity contribution in [3.63, 3.8) is 0 Å². The number of hydrogen-bond acceptors (Lipinski definition) is 1. The zero-order valence-corrected chi connectivity index (χ0v) is 6.86. The molecule has 0 saturated carbocycles. The first kappa shape index (κ1) is 8.18. The fraction of sp³-hybridized carbons (Fsp3) is 0.667. The molecule has 0 aliphatic rings. The summed E-state index contributed by atoms with van der Waals surface area (Å²) in [5.41, 5.74) is 1.21. The van der Waals surface area contributed by atoms with Crippen molar-refractivity contribution in [2.24, 2.45) is 0 Å². The average molecular weight is 179 g/mol. The summed E-state index contributed by atoms with van der Waals surface area (Å²) < 4.78 is 5.09.